The Morgan fingerprint density at radius 3 is 2.78 bits per heavy atom. The molecule has 0 aromatic carbocycles. The SMILES string of the molecule is O=C(c1cc(C2CCCCN2S(=O)(=O)c2cccs2)on1)N1CCOCC1. The maximum absolute atomic E-state index is 13.0. The van der Waals surface area contributed by atoms with Gasteiger partial charge in [0.25, 0.3) is 15.9 Å². The van der Waals surface area contributed by atoms with Crippen molar-refractivity contribution in [2.75, 3.05) is 32.8 Å². The molecule has 0 radical (unpaired) electrons. The van der Waals surface area contributed by atoms with Gasteiger partial charge in [-0.2, -0.15) is 4.31 Å². The molecule has 0 saturated carbocycles. The molecule has 8 nitrogen and oxygen atoms in total. The van der Waals surface area contributed by atoms with Crippen LogP contribution in [0.15, 0.2) is 32.3 Å². The Morgan fingerprint density at radius 2 is 2.04 bits per heavy atom. The van der Waals surface area contributed by atoms with Crippen LogP contribution in [0.3, 0.4) is 0 Å². The van der Waals surface area contributed by atoms with E-state index in [1.165, 1.54) is 15.6 Å². The fraction of sp³-hybridized carbons (Fsp3) is 0.529. The molecule has 2 aliphatic heterocycles. The van der Waals surface area contributed by atoms with E-state index in [4.69, 9.17) is 9.26 Å². The Morgan fingerprint density at radius 1 is 1.22 bits per heavy atom. The standard InChI is InChI=1S/C17H21N3O5S2/c21-17(19-7-9-24-10-8-19)13-12-15(25-18-13)14-4-1-2-6-20(14)27(22,23)16-5-3-11-26-16/h3,5,11-12,14H,1-2,4,6-10H2. The number of sulfonamides is 1. The van der Waals surface area contributed by atoms with Crippen LogP contribution in [0, 0.1) is 0 Å². The summed E-state index contributed by atoms with van der Waals surface area (Å²) < 4.78 is 38.5. The third kappa shape index (κ3) is 3.66. The van der Waals surface area contributed by atoms with Crippen molar-refractivity contribution in [3.8, 4) is 0 Å². The molecule has 10 heteroatoms. The van der Waals surface area contributed by atoms with Crippen molar-refractivity contribution in [3.05, 3.63) is 35.0 Å². The molecule has 2 saturated heterocycles. The highest BCUT2D eigenvalue weighted by Gasteiger charge is 2.37. The highest BCUT2D eigenvalue weighted by atomic mass is 32.2. The van der Waals surface area contributed by atoms with Crippen LogP contribution >= 0.6 is 11.3 Å². The molecular weight excluding hydrogens is 390 g/mol. The lowest BCUT2D eigenvalue weighted by Gasteiger charge is -2.32. The Hall–Kier alpha value is -1.75. The van der Waals surface area contributed by atoms with E-state index in [1.807, 2.05) is 0 Å². The topological polar surface area (TPSA) is 93.0 Å². The van der Waals surface area contributed by atoms with Crippen molar-refractivity contribution < 1.29 is 22.5 Å². The number of carbonyl (C=O) groups is 1. The van der Waals surface area contributed by atoms with Crippen molar-refractivity contribution in [2.24, 2.45) is 0 Å². The fourth-order valence-electron chi connectivity index (χ4n) is 3.48. The maximum atomic E-state index is 13.0. The van der Waals surface area contributed by atoms with E-state index in [-0.39, 0.29) is 11.6 Å². The highest BCUT2D eigenvalue weighted by molar-refractivity contribution is 7.91. The lowest BCUT2D eigenvalue weighted by molar-refractivity contribution is 0.0296. The second-order valence-corrected chi connectivity index (χ2v) is 9.64. The molecule has 1 unspecified atom stereocenters. The van der Waals surface area contributed by atoms with E-state index in [9.17, 15) is 13.2 Å². The average Bonchev–Trinajstić information content (AvgIpc) is 3.40. The summed E-state index contributed by atoms with van der Waals surface area (Å²) in [6.45, 7) is 2.48. The number of thiophene rings is 1. The number of aromatic nitrogens is 1. The number of hydrogen-bond acceptors (Lipinski definition) is 7. The normalized spacial score (nSPS) is 22.1. The molecule has 0 spiro atoms. The molecule has 146 valence electrons. The second kappa shape index (κ2) is 7.70. The van der Waals surface area contributed by atoms with Crippen molar-refractivity contribution >= 4 is 27.3 Å². The van der Waals surface area contributed by atoms with Crippen LogP contribution in [-0.4, -0.2) is 61.5 Å². The van der Waals surface area contributed by atoms with Crippen molar-refractivity contribution in [3.63, 3.8) is 0 Å². The van der Waals surface area contributed by atoms with E-state index in [0.717, 1.165) is 12.8 Å². The van der Waals surface area contributed by atoms with Gasteiger partial charge in [-0.3, -0.25) is 4.79 Å². The summed E-state index contributed by atoms with van der Waals surface area (Å²) in [6, 6.07) is 4.48. The number of carbonyl (C=O) groups excluding carboxylic acids is 1. The predicted octanol–water partition coefficient (Wildman–Crippen LogP) is 2.12. The van der Waals surface area contributed by atoms with Crippen molar-refractivity contribution in [2.45, 2.75) is 29.5 Å². The molecule has 0 bridgehead atoms. The van der Waals surface area contributed by atoms with Crippen LogP contribution in [0.4, 0.5) is 0 Å². The zero-order chi connectivity index (χ0) is 18.9. The Kier molecular flexibility index (Phi) is 5.31. The third-order valence-electron chi connectivity index (χ3n) is 4.89. The third-order valence-corrected chi connectivity index (χ3v) is 8.17. The van der Waals surface area contributed by atoms with Gasteiger partial charge in [-0.15, -0.1) is 11.3 Å². The summed E-state index contributed by atoms with van der Waals surface area (Å²) in [6.07, 6.45) is 2.34. The zero-order valence-corrected chi connectivity index (χ0v) is 16.4. The van der Waals surface area contributed by atoms with Crippen LogP contribution in [-0.2, 0) is 14.8 Å². The van der Waals surface area contributed by atoms with E-state index >= 15 is 0 Å². The Balaban J connectivity index is 1.58. The Labute approximate surface area is 161 Å². The molecule has 0 N–H and O–H groups in total. The van der Waals surface area contributed by atoms with Crippen LogP contribution < -0.4 is 0 Å². The first-order valence-corrected chi connectivity index (χ1v) is 11.3. The summed E-state index contributed by atoms with van der Waals surface area (Å²) in [5, 5.41) is 5.67. The maximum Gasteiger partial charge on any atom is 0.276 e. The molecule has 2 aromatic rings. The van der Waals surface area contributed by atoms with Gasteiger partial charge in [0.15, 0.2) is 11.5 Å². The summed E-state index contributed by atoms with van der Waals surface area (Å²) in [5.41, 5.74) is 0.214. The lowest BCUT2D eigenvalue weighted by atomic mass is 10.0. The van der Waals surface area contributed by atoms with E-state index in [0.29, 0.717) is 49.2 Å². The van der Waals surface area contributed by atoms with E-state index in [1.54, 1.807) is 28.5 Å². The Bertz CT molecular complexity index is 888. The number of nitrogens with zero attached hydrogens (tertiary/aromatic N) is 3. The molecule has 1 atom stereocenters. The number of morpholine rings is 1. The number of ether oxygens (including phenoxy) is 1. The predicted molar refractivity (Wildman–Crippen MR) is 98.0 cm³/mol. The molecule has 4 heterocycles. The molecule has 1 amide bonds. The lowest BCUT2D eigenvalue weighted by Crippen LogP contribution is -2.40. The summed E-state index contributed by atoms with van der Waals surface area (Å²) in [4.78, 5) is 14.3. The minimum absolute atomic E-state index is 0.211. The minimum atomic E-state index is -3.60. The van der Waals surface area contributed by atoms with Gasteiger partial charge in [-0.05, 0) is 24.3 Å². The van der Waals surface area contributed by atoms with E-state index in [2.05, 4.69) is 5.16 Å². The molecule has 2 aliphatic rings. The van der Waals surface area contributed by atoms with E-state index < -0.39 is 16.1 Å². The van der Waals surface area contributed by atoms with Crippen LogP contribution in [0.2, 0.25) is 0 Å². The number of hydrogen-bond donors (Lipinski definition) is 0. The van der Waals surface area contributed by atoms with Crippen LogP contribution in [0.1, 0.15) is 41.6 Å². The van der Waals surface area contributed by atoms with Gasteiger partial charge in [-0.1, -0.05) is 17.6 Å². The number of piperidine rings is 1. The second-order valence-electron chi connectivity index (χ2n) is 6.58. The molecule has 27 heavy (non-hydrogen) atoms. The van der Waals surface area contributed by atoms with Gasteiger partial charge in [-0.25, -0.2) is 8.42 Å². The first-order valence-electron chi connectivity index (χ1n) is 8.96. The quantitative estimate of drug-likeness (QED) is 0.765. The van der Waals surface area contributed by atoms with Crippen LogP contribution in [0.25, 0.3) is 0 Å². The summed E-state index contributed by atoms with van der Waals surface area (Å²) in [7, 11) is -3.60. The highest BCUT2D eigenvalue weighted by Crippen LogP contribution is 2.36. The minimum Gasteiger partial charge on any atom is -0.378 e. The largest absolute Gasteiger partial charge is 0.378 e. The summed E-state index contributed by atoms with van der Waals surface area (Å²) in [5.74, 6) is 0.211. The van der Waals surface area contributed by atoms with Gasteiger partial charge in [0, 0.05) is 25.7 Å². The number of rotatable bonds is 4. The smallest absolute Gasteiger partial charge is 0.276 e. The monoisotopic (exact) mass is 411 g/mol. The molecule has 2 fully saturated rings. The van der Waals surface area contributed by atoms with Gasteiger partial charge in [0.2, 0.25) is 0 Å². The molecule has 0 aliphatic carbocycles. The fourth-order valence-corrected chi connectivity index (χ4v) is 6.26. The van der Waals surface area contributed by atoms with Gasteiger partial charge >= 0.3 is 0 Å². The molecule has 2 aromatic heterocycles. The first-order chi connectivity index (χ1) is 13.1. The molecular formula is C17H21N3O5S2. The van der Waals surface area contributed by atoms with Gasteiger partial charge in [0.05, 0.1) is 19.3 Å². The van der Waals surface area contributed by atoms with Gasteiger partial charge < -0.3 is 14.2 Å². The van der Waals surface area contributed by atoms with Gasteiger partial charge in [0.1, 0.15) is 4.21 Å². The average molecular weight is 412 g/mol. The number of amides is 1. The summed E-state index contributed by atoms with van der Waals surface area (Å²) >= 11 is 1.20. The van der Waals surface area contributed by atoms with Crippen LogP contribution in [0.5, 0.6) is 0 Å². The first kappa shape index (κ1) is 18.6. The van der Waals surface area contributed by atoms with Crippen molar-refractivity contribution in [1.82, 2.24) is 14.4 Å². The molecule has 4 rings (SSSR count). The van der Waals surface area contributed by atoms with Crippen molar-refractivity contribution in [1.29, 1.82) is 0 Å². The zero-order valence-electron chi connectivity index (χ0n) is 14.7.